The third-order valence-electron chi connectivity index (χ3n) is 5.76. The summed E-state index contributed by atoms with van der Waals surface area (Å²) in [4.78, 5) is 18.9. The molecule has 1 fully saturated rings. The number of urea groups is 1. The molecule has 4 rings (SSSR count). The molecule has 0 saturated carbocycles. The summed E-state index contributed by atoms with van der Waals surface area (Å²) in [6, 6.07) is 17.0. The second kappa shape index (κ2) is 9.31. The number of carbonyl (C=O) groups excluding carboxylic acids is 1. The van der Waals surface area contributed by atoms with E-state index in [4.69, 9.17) is 4.52 Å². The number of nitrogens with one attached hydrogen (secondary N) is 1. The minimum atomic E-state index is -0.486. The summed E-state index contributed by atoms with van der Waals surface area (Å²) in [7, 11) is 0. The van der Waals surface area contributed by atoms with Gasteiger partial charge in [-0.1, -0.05) is 49.3 Å². The molecule has 1 aliphatic rings. The molecule has 2 heterocycles. The fourth-order valence-electron chi connectivity index (χ4n) is 3.83. The average molecular weight is 421 g/mol. The van der Waals surface area contributed by atoms with Crippen molar-refractivity contribution in [3.05, 3.63) is 66.0 Å². The lowest BCUT2D eigenvalue weighted by Crippen LogP contribution is -2.42. The first-order valence-corrected chi connectivity index (χ1v) is 10.7. The van der Waals surface area contributed by atoms with Crippen LogP contribution in [-0.4, -0.2) is 39.3 Å². The van der Waals surface area contributed by atoms with E-state index in [0.29, 0.717) is 30.5 Å². The van der Waals surface area contributed by atoms with Gasteiger partial charge in [-0.3, -0.25) is 0 Å². The van der Waals surface area contributed by atoms with Crippen LogP contribution in [0.5, 0.6) is 0 Å². The third-order valence-corrected chi connectivity index (χ3v) is 5.76. The van der Waals surface area contributed by atoms with Crippen LogP contribution in [0.4, 0.5) is 10.5 Å². The van der Waals surface area contributed by atoms with E-state index >= 15 is 0 Å². The second-order valence-corrected chi connectivity index (χ2v) is 8.30. The number of piperidine rings is 1. The molecule has 7 nitrogen and oxygen atoms in total. The molecule has 2 amide bonds. The molecule has 0 radical (unpaired) electrons. The Morgan fingerprint density at radius 2 is 1.77 bits per heavy atom. The summed E-state index contributed by atoms with van der Waals surface area (Å²) >= 11 is 0. The Labute approximate surface area is 182 Å². The molecule has 31 heavy (non-hydrogen) atoms. The first kappa shape index (κ1) is 21.1. The number of hydrogen-bond acceptors (Lipinski definition) is 5. The monoisotopic (exact) mass is 420 g/mol. The number of amides is 2. The molecule has 1 saturated heterocycles. The normalized spacial score (nSPS) is 15.8. The molecule has 1 unspecified atom stereocenters. The quantitative estimate of drug-likeness (QED) is 0.616. The van der Waals surface area contributed by atoms with E-state index in [1.807, 2.05) is 68.4 Å². The van der Waals surface area contributed by atoms with E-state index in [9.17, 15) is 9.90 Å². The molecule has 0 spiro atoms. The van der Waals surface area contributed by atoms with E-state index in [0.717, 1.165) is 24.0 Å². The lowest BCUT2D eigenvalue weighted by Gasteiger charge is -2.34. The van der Waals surface area contributed by atoms with E-state index in [2.05, 4.69) is 15.5 Å². The minimum Gasteiger partial charge on any atom is -0.388 e. The van der Waals surface area contributed by atoms with Gasteiger partial charge in [-0.2, -0.15) is 4.98 Å². The smallest absolute Gasteiger partial charge is 0.321 e. The predicted molar refractivity (Wildman–Crippen MR) is 119 cm³/mol. The minimum absolute atomic E-state index is 0.125. The summed E-state index contributed by atoms with van der Waals surface area (Å²) < 4.78 is 5.31. The maximum Gasteiger partial charge on any atom is 0.321 e. The van der Waals surface area contributed by atoms with Crippen LogP contribution in [-0.2, 0) is 0 Å². The second-order valence-electron chi connectivity index (χ2n) is 8.30. The molecule has 1 aromatic heterocycles. The Kier molecular flexibility index (Phi) is 6.32. The SMILES string of the molecule is CC(C)c1noc(-c2ccc(NC(=O)N3CCC(C(O)c4ccccc4)CC3)cc2)n1. The maximum absolute atomic E-state index is 12.7. The number of aromatic nitrogens is 2. The van der Waals surface area contributed by atoms with E-state index < -0.39 is 6.10 Å². The molecular weight excluding hydrogens is 392 g/mol. The van der Waals surface area contributed by atoms with Crippen LogP contribution in [0, 0.1) is 5.92 Å². The zero-order valence-corrected chi connectivity index (χ0v) is 17.9. The van der Waals surface area contributed by atoms with Crippen molar-refractivity contribution in [1.29, 1.82) is 0 Å². The highest BCUT2D eigenvalue weighted by Gasteiger charge is 2.28. The van der Waals surface area contributed by atoms with Gasteiger partial charge in [0.2, 0.25) is 0 Å². The Morgan fingerprint density at radius 3 is 2.39 bits per heavy atom. The molecule has 2 N–H and O–H groups in total. The molecule has 1 atom stereocenters. The topological polar surface area (TPSA) is 91.5 Å². The summed E-state index contributed by atoms with van der Waals surface area (Å²) in [5, 5.41) is 17.5. The summed E-state index contributed by atoms with van der Waals surface area (Å²) in [6.07, 6.45) is 1.06. The Morgan fingerprint density at radius 1 is 1.10 bits per heavy atom. The molecule has 1 aliphatic heterocycles. The Balaban J connectivity index is 1.30. The Bertz CT molecular complexity index is 993. The van der Waals surface area contributed by atoms with Gasteiger partial charge in [0.15, 0.2) is 5.82 Å². The summed E-state index contributed by atoms with van der Waals surface area (Å²) in [6.45, 7) is 5.27. The number of nitrogens with zero attached hydrogens (tertiary/aromatic N) is 3. The number of anilines is 1. The zero-order valence-electron chi connectivity index (χ0n) is 17.9. The lowest BCUT2D eigenvalue weighted by atomic mass is 9.87. The molecule has 3 aromatic rings. The molecular formula is C24H28N4O3. The van der Waals surface area contributed by atoms with E-state index in [1.54, 1.807) is 4.90 Å². The highest BCUT2D eigenvalue weighted by atomic mass is 16.5. The number of rotatable bonds is 5. The van der Waals surface area contributed by atoms with Crippen molar-refractivity contribution >= 4 is 11.7 Å². The maximum atomic E-state index is 12.7. The van der Waals surface area contributed by atoms with Crippen LogP contribution >= 0.6 is 0 Å². The Hall–Kier alpha value is -3.19. The molecule has 7 heteroatoms. The van der Waals surface area contributed by atoms with Crippen LogP contribution in [0.3, 0.4) is 0 Å². The number of carbonyl (C=O) groups is 1. The molecule has 162 valence electrons. The van der Waals surface area contributed by atoms with Gasteiger partial charge in [-0.15, -0.1) is 0 Å². The highest BCUT2D eigenvalue weighted by molar-refractivity contribution is 5.89. The zero-order chi connectivity index (χ0) is 21.8. The van der Waals surface area contributed by atoms with Crippen molar-refractivity contribution in [2.75, 3.05) is 18.4 Å². The number of likely N-dealkylation sites (tertiary alicyclic amines) is 1. The van der Waals surface area contributed by atoms with Crippen LogP contribution < -0.4 is 5.32 Å². The molecule has 0 aliphatic carbocycles. The van der Waals surface area contributed by atoms with Gasteiger partial charge in [-0.05, 0) is 48.6 Å². The summed E-state index contributed by atoms with van der Waals surface area (Å²) in [5.74, 6) is 1.51. The van der Waals surface area contributed by atoms with Crippen molar-refractivity contribution in [2.24, 2.45) is 5.92 Å². The van der Waals surface area contributed by atoms with Crippen molar-refractivity contribution in [1.82, 2.24) is 15.0 Å². The summed E-state index contributed by atoms with van der Waals surface area (Å²) in [5.41, 5.74) is 2.46. The van der Waals surface area contributed by atoms with Gasteiger partial charge in [0, 0.05) is 30.3 Å². The highest BCUT2D eigenvalue weighted by Crippen LogP contribution is 2.31. The van der Waals surface area contributed by atoms with E-state index in [1.165, 1.54) is 0 Å². The van der Waals surface area contributed by atoms with Crippen LogP contribution in [0.25, 0.3) is 11.5 Å². The van der Waals surface area contributed by atoms with Gasteiger partial charge in [0.1, 0.15) is 0 Å². The van der Waals surface area contributed by atoms with Gasteiger partial charge in [-0.25, -0.2) is 4.79 Å². The van der Waals surface area contributed by atoms with Crippen LogP contribution in [0.1, 0.15) is 50.1 Å². The predicted octanol–water partition coefficient (Wildman–Crippen LogP) is 4.84. The standard InChI is InChI=1S/C24H28N4O3/c1-16(2)22-26-23(31-27-22)19-8-10-20(11-9-19)25-24(30)28-14-12-18(13-15-28)21(29)17-6-4-3-5-7-17/h3-11,16,18,21,29H,12-15H2,1-2H3,(H,25,30). The van der Waals surface area contributed by atoms with Crippen LogP contribution in [0.2, 0.25) is 0 Å². The fourth-order valence-corrected chi connectivity index (χ4v) is 3.83. The lowest BCUT2D eigenvalue weighted by molar-refractivity contribution is 0.0683. The number of aliphatic hydroxyl groups is 1. The van der Waals surface area contributed by atoms with Crippen LogP contribution in [0.15, 0.2) is 59.1 Å². The van der Waals surface area contributed by atoms with Gasteiger partial charge < -0.3 is 19.8 Å². The average Bonchev–Trinajstić information content (AvgIpc) is 3.30. The first-order valence-electron chi connectivity index (χ1n) is 10.7. The van der Waals surface area contributed by atoms with Crippen molar-refractivity contribution in [2.45, 2.75) is 38.7 Å². The molecule has 2 aromatic carbocycles. The van der Waals surface area contributed by atoms with Crippen molar-refractivity contribution in [3.8, 4) is 11.5 Å². The van der Waals surface area contributed by atoms with Gasteiger partial charge in [0.05, 0.1) is 6.10 Å². The van der Waals surface area contributed by atoms with Gasteiger partial charge in [0.25, 0.3) is 5.89 Å². The van der Waals surface area contributed by atoms with E-state index in [-0.39, 0.29) is 17.9 Å². The number of hydrogen-bond donors (Lipinski definition) is 2. The first-order chi connectivity index (χ1) is 15.0. The fraction of sp³-hybridized carbons (Fsp3) is 0.375. The van der Waals surface area contributed by atoms with Gasteiger partial charge >= 0.3 is 6.03 Å². The number of benzene rings is 2. The number of aliphatic hydroxyl groups excluding tert-OH is 1. The van der Waals surface area contributed by atoms with Crippen molar-refractivity contribution in [3.63, 3.8) is 0 Å². The van der Waals surface area contributed by atoms with Crippen molar-refractivity contribution < 1.29 is 14.4 Å². The third kappa shape index (κ3) is 4.94. The molecule has 0 bridgehead atoms. The largest absolute Gasteiger partial charge is 0.388 e.